The highest BCUT2D eigenvalue weighted by atomic mass is 16.5. The van der Waals surface area contributed by atoms with Gasteiger partial charge in [0.15, 0.2) is 0 Å². The number of anilines is 1. The molecule has 1 saturated heterocycles. The molecule has 0 aromatic carbocycles. The molecule has 2 N–H and O–H groups in total. The molecule has 0 bridgehead atoms. The van der Waals surface area contributed by atoms with E-state index in [2.05, 4.69) is 10.3 Å². The number of carbonyl (C=O) groups excluding carboxylic acids is 1. The van der Waals surface area contributed by atoms with Gasteiger partial charge in [-0.15, -0.1) is 0 Å². The minimum absolute atomic E-state index is 0.0354. The molecule has 1 aliphatic heterocycles. The zero-order valence-corrected chi connectivity index (χ0v) is 9.92. The predicted molar refractivity (Wildman–Crippen MR) is 63.3 cm³/mol. The molecule has 6 nitrogen and oxygen atoms in total. The molecule has 1 amide bonds. The summed E-state index contributed by atoms with van der Waals surface area (Å²) in [6.45, 7) is 2.52. The average Bonchev–Trinajstić information content (AvgIpc) is 2.76. The SMILES string of the molecule is CC1CCOC1C(=O)Nc1cncc(C(=O)O)c1. The third-order valence-corrected chi connectivity index (χ3v) is 2.90. The van der Waals surface area contributed by atoms with Crippen LogP contribution in [0.3, 0.4) is 0 Å². The lowest BCUT2D eigenvalue weighted by Crippen LogP contribution is -2.31. The fourth-order valence-corrected chi connectivity index (χ4v) is 1.87. The second-order valence-corrected chi connectivity index (χ2v) is 4.31. The Morgan fingerprint density at radius 2 is 2.28 bits per heavy atom. The molecule has 0 spiro atoms. The summed E-state index contributed by atoms with van der Waals surface area (Å²) < 4.78 is 5.33. The number of carboxylic acid groups (broad SMARTS) is 1. The largest absolute Gasteiger partial charge is 0.478 e. The lowest BCUT2D eigenvalue weighted by Gasteiger charge is -2.14. The first-order valence-electron chi connectivity index (χ1n) is 5.68. The van der Waals surface area contributed by atoms with Crippen molar-refractivity contribution in [1.82, 2.24) is 4.98 Å². The van der Waals surface area contributed by atoms with Gasteiger partial charge in [-0.3, -0.25) is 9.78 Å². The number of nitrogens with zero attached hydrogens (tertiary/aromatic N) is 1. The molecule has 2 unspecified atom stereocenters. The molecule has 18 heavy (non-hydrogen) atoms. The first-order chi connectivity index (χ1) is 8.58. The van der Waals surface area contributed by atoms with Crippen molar-refractivity contribution in [2.45, 2.75) is 19.4 Å². The van der Waals surface area contributed by atoms with Gasteiger partial charge in [-0.05, 0) is 18.4 Å². The summed E-state index contributed by atoms with van der Waals surface area (Å²) in [5.74, 6) is -1.17. The van der Waals surface area contributed by atoms with Crippen molar-refractivity contribution in [3.63, 3.8) is 0 Å². The second kappa shape index (κ2) is 5.14. The Morgan fingerprint density at radius 1 is 1.50 bits per heavy atom. The van der Waals surface area contributed by atoms with Gasteiger partial charge in [-0.2, -0.15) is 0 Å². The van der Waals surface area contributed by atoms with Gasteiger partial charge >= 0.3 is 5.97 Å². The summed E-state index contributed by atoms with van der Waals surface area (Å²) in [7, 11) is 0. The number of amides is 1. The molecule has 2 atom stereocenters. The highest BCUT2D eigenvalue weighted by Gasteiger charge is 2.30. The molecule has 1 aromatic heterocycles. The molecule has 0 saturated carbocycles. The van der Waals surface area contributed by atoms with Crippen molar-refractivity contribution in [3.8, 4) is 0 Å². The topological polar surface area (TPSA) is 88.5 Å². The zero-order chi connectivity index (χ0) is 13.1. The van der Waals surface area contributed by atoms with Gasteiger partial charge in [-0.1, -0.05) is 6.92 Å². The Kier molecular flexibility index (Phi) is 3.57. The lowest BCUT2D eigenvalue weighted by atomic mass is 10.0. The fraction of sp³-hybridized carbons (Fsp3) is 0.417. The molecule has 0 radical (unpaired) electrons. The van der Waals surface area contributed by atoms with Crippen molar-refractivity contribution >= 4 is 17.6 Å². The van der Waals surface area contributed by atoms with E-state index in [9.17, 15) is 9.59 Å². The molecule has 1 aliphatic rings. The Balaban J connectivity index is 2.07. The number of carboxylic acids is 1. The van der Waals surface area contributed by atoms with Gasteiger partial charge in [0.2, 0.25) is 0 Å². The van der Waals surface area contributed by atoms with E-state index in [-0.39, 0.29) is 17.4 Å². The normalized spacial score (nSPS) is 22.7. The summed E-state index contributed by atoms with van der Waals surface area (Å²) >= 11 is 0. The molecular weight excluding hydrogens is 236 g/mol. The number of rotatable bonds is 3. The van der Waals surface area contributed by atoms with Gasteiger partial charge in [-0.25, -0.2) is 4.79 Å². The number of aromatic nitrogens is 1. The molecule has 6 heteroatoms. The van der Waals surface area contributed by atoms with Gasteiger partial charge in [0, 0.05) is 12.8 Å². The van der Waals surface area contributed by atoms with Gasteiger partial charge in [0.05, 0.1) is 17.4 Å². The lowest BCUT2D eigenvalue weighted by molar-refractivity contribution is -0.126. The second-order valence-electron chi connectivity index (χ2n) is 4.31. The summed E-state index contributed by atoms with van der Waals surface area (Å²) in [4.78, 5) is 26.4. The molecule has 2 rings (SSSR count). The van der Waals surface area contributed by atoms with Gasteiger partial charge < -0.3 is 15.2 Å². The molecule has 1 fully saturated rings. The first kappa shape index (κ1) is 12.5. The number of pyridine rings is 1. The maximum Gasteiger partial charge on any atom is 0.337 e. The van der Waals surface area contributed by atoms with Crippen LogP contribution in [-0.4, -0.2) is 34.7 Å². The molecule has 0 aliphatic carbocycles. The minimum atomic E-state index is -1.08. The van der Waals surface area contributed by atoms with Crippen molar-refractivity contribution in [2.75, 3.05) is 11.9 Å². The zero-order valence-electron chi connectivity index (χ0n) is 9.92. The monoisotopic (exact) mass is 250 g/mol. The number of ether oxygens (including phenoxy) is 1. The maximum atomic E-state index is 11.9. The maximum absolute atomic E-state index is 11.9. The van der Waals surface area contributed by atoms with Crippen LogP contribution in [0, 0.1) is 5.92 Å². The highest BCUT2D eigenvalue weighted by Crippen LogP contribution is 2.21. The van der Waals surface area contributed by atoms with Crippen molar-refractivity contribution in [2.24, 2.45) is 5.92 Å². The Labute approximate surface area is 104 Å². The number of hydrogen-bond donors (Lipinski definition) is 2. The number of nitrogens with one attached hydrogen (secondary N) is 1. The van der Waals surface area contributed by atoms with Crippen molar-refractivity contribution < 1.29 is 19.4 Å². The number of carbonyl (C=O) groups is 2. The van der Waals surface area contributed by atoms with Crippen molar-refractivity contribution in [3.05, 3.63) is 24.0 Å². The summed E-state index contributed by atoms with van der Waals surface area (Å²) in [5, 5.41) is 11.4. The van der Waals surface area contributed by atoms with E-state index >= 15 is 0 Å². The van der Waals surface area contributed by atoms with E-state index in [1.165, 1.54) is 18.5 Å². The van der Waals surface area contributed by atoms with Crippen LogP contribution < -0.4 is 5.32 Å². The third-order valence-electron chi connectivity index (χ3n) is 2.90. The third kappa shape index (κ3) is 2.65. The van der Waals surface area contributed by atoms with Crippen LogP contribution in [0.15, 0.2) is 18.5 Å². The fourth-order valence-electron chi connectivity index (χ4n) is 1.87. The van der Waals surface area contributed by atoms with E-state index in [1.54, 1.807) is 0 Å². The average molecular weight is 250 g/mol. The van der Waals surface area contributed by atoms with Crippen LogP contribution in [0.25, 0.3) is 0 Å². The molecule has 2 heterocycles. The van der Waals surface area contributed by atoms with Gasteiger partial charge in [0.1, 0.15) is 6.10 Å². The van der Waals surface area contributed by atoms with Gasteiger partial charge in [0.25, 0.3) is 5.91 Å². The van der Waals surface area contributed by atoms with Crippen LogP contribution in [0.1, 0.15) is 23.7 Å². The van der Waals surface area contributed by atoms with E-state index in [1.807, 2.05) is 6.92 Å². The van der Waals surface area contributed by atoms with Crippen LogP contribution in [0.4, 0.5) is 5.69 Å². The van der Waals surface area contributed by atoms with Crippen molar-refractivity contribution in [1.29, 1.82) is 0 Å². The van der Waals surface area contributed by atoms with E-state index in [4.69, 9.17) is 9.84 Å². The first-order valence-corrected chi connectivity index (χ1v) is 5.68. The van der Waals surface area contributed by atoms with Crippen LogP contribution in [0.2, 0.25) is 0 Å². The number of hydrogen-bond acceptors (Lipinski definition) is 4. The van der Waals surface area contributed by atoms with Crippen LogP contribution >= 0.6 is 0 Å². The summed E-state index contributed by atoms with van der Waals surface area (Å²) in [6.07, 6.45) is 3.01. The molecular formula is C12H14N2O4. The summed E-state index contributed by atoms with van der Waals surface area (Å²) in [6, 6.07) is 1.37. The Bertz CT molecular complexity index is 475. The Hall–Kier alpha value is -1.95. The van der Waals surface area contributed by atoms with Crippen LogP contribution in [0.5, 0.6) is 0 Å². The molecule has 96 valence electrons. The minimum Gasteiger partial charge on any atom is -0.478 e. The number of aromatic carboxylic acids is 1. The highest BCUT2D eigenvalue weighted by molar-refractivity contribution is 5.96. The standard InChI is InChI=1S/C12H14N2O4/c1-7-2-3-18-10(7)11(15)14-9-4-8(12(16)17)5-13-6-9/h4-7,10H,2-3H2,1H3,(H,14,15)(H,16,17). The molecule has 1 aromatic rings. The van der Waals surface area contributed by atoms with E-state index in [0.29, 0.717) is 12.3 Å². The van der Waals surface area contributed by atoms with E-state index < -0.39 is 12.1 Å². The quantitative estimate of drug-likeness (QED) is 0.839. The summed E-state index contributed by atoms with van der Waals surface area (Å²) in [5.41, 5.74) is 0.399. The smallest absolute Gasteiger partial charge is 0.337 e. The Morgan fingerprint density at radius 3 is 2.89 bits per heavy atom. The van der Waals surface area contributed by atoms with Crippen LogP contribution in [-0.2, 0) is 9.53 Å². The predicted octanol–water partition coefficient (Wildman–Crippen LogP) is 1.14. The van der Waals surface area contributed by atoms with E-state index in [0.717, 1.165) is 6.42 Å².